The third-order valence-electron chi connectivity index (χ3n) is 11.5. The number of hydrogen-bond acceptors (Lipinski definition) is 8. The number of aryl methyl sites for hydroxylation is 1. The first-order valence-electron chi connectivity index (χ1n) is 19.4. The molecule has 2 aromatic carbocycles. The van der Waals surface area contributed by atoms with E-state index in [1.807, 2.05) is 24.0 Å². The van der Waals surface area contributed by atoms with Crippen molar-refractivity contribution in [1.29, 1.82) is 0 Å². The highest BCUT2D eigenvalue weighted by atomic mass is 16.5. The molecule has 14 heteroatoms. The van der Waals surface area contributed by atoms with Crippen molar-refractivity contribution < 1.29 is 28.7 Å². The number of carbonyl (C=O) groups excluding carboxylic acids is 4. The van der Waals surface area contributed by atoms with Crippen molar-refractivity contribution in [2.24, 2.45) is 5.92 Å². The van der Waals surface area contributed by atoms with E-state index in [-0.39, 0.29) is 29.8 Å². The first-order chi connectivity index (χ1) is 27.1. The zero-order valence-electron chi connectivity index (χ0n) is 32.4. The minimum atomic E-state index is -0.714. The highest BCUT2D eigenvalue weighted by Gasteiger charge is 2.41. The molecule has 1 aliphatic carbocycles. The van der Waals surface area contributed by atoms with Gasteiger partial charge in [0.05, 0.1) is 43.9 Å². The third kappa shape index (κ3) is 7.77. The molecule has 2 saturated heterocycles. The number of H-pyrrole nitrogens is 2. The summed E-state index contributed by atoms with van der Waals surface area (Å²) in [5.41, 5.74) is 5.39. The highest BCUT2D eigenvalue weighted by Crippen LogP contribution is 2.37. The number of rotatable bonds is 11. The summed E-state index contributed by atoms with van der Waals surface area (Å²) in [6, 6.07) is 10.8. The summed E-state index contributed by atoms with van der Waals surface area (Å²) >= 11 is 0. The van der Waals surface area contributed by atoms with Crippen LogP contribution in [0.1, 0.15) is 92.6 Å². The van der Waals surface area contributed by atoms with E-state index in [1.54, 1.807) is 18.0 Å². The van der Waals surface area contributed by atoms with Gasteiger partial charge in [0, 0.05) is 24.3 Å². The van der Waals surface area contributed by atoms with E-state index >= 15 is 0 Å². The van der Waals surface area contributed by atoms with Gasteiger partial charge >= 0.3 is 12.2 Å². The second-order valence-electron chi connectivity index (χ2n) is 14.9. The Balaban J connectivity index is 1.06. The Kier molecular flexibility index (Phi) is 11.3. The fourth-order valence-electron chi connectivity index (χ4n) is 8.14. The van der Waals surface area contributed by atoms with Gasteiger partial charge in [-0.25, -0.2) is 19.6 Å². The van der Waals surface area contributed by atoms with E-state index in [1.165, 1.54) is 14.2 Å². The zero-order chi connectivity index (χ0) is 39.5. The molecular formula is C42H50N8O6. The van der Waals surface area contributed by atoms with Crippen molar-refractivity contribution in [3.8, 4) is 11.3 Å². The lowest BCUT2D eigenvalue weighted by atomic mass is 9.79. The first kappa shape index (κ1) is 38.4. The molecule has 4 heterocycles. The predicted octanol–water partition coefficient (Wildman–Crippen LogP) is 6.58. The molecule has 0 radical (unpaired) electrons. The maximum Gasteiger partial charge on any atom is 0.407 e. The van der Waals surface area contributed by atoms with E-state index in [9.17, 15) is 19.2 Å². The number of alkyl carbamates (subject to hydrolysis) is 2. The number of nitrogens with one attached hydrogen (secondary N) is 4. The summed E-state index contributed by atoms with van der Waals surface area (Å²) in [5, 5.41) is 7.48. The van der Waals surface area contributed by atoms with Gasteiger partial charge in [-0.1, -0.05) is 43.3 Å². The van der Waals surface area contributed by atoms with Crippen molar-refractivity contribution >= 4 is 46.4 Å². The quantitative estimate of drug-likeness (QED) is 0.124. The molecule has 4 atom stereocenters. The summed E-state index contributed by atoms with van der Waals surface area (Å²) in [6.45, 7) is 8.94. The normalized spacial score (nSPS) is 19.7. The monoisotopic (exact) mass is 762 g/mol. The number of hydrogen-bond donors (Lipinski definition) is 4. The topological polar surface area (TPSA) is 175 Å². The second kappa shape index (κ2) is 16.4. The Labute approximate surface area is 326 Å². The number of ether oxygens (including phenoxy) is 2. The Morgan fingerprint density at radius 1 is 0.857 bits per heavy atom. The van der Waals surface area contributed by atoms with Crippen LogP contribution in [0, 0.1) is 12.8 Å². The zero-order valence-corrected chi connectivity index (χ0v) is 32.4. The standard InChI is InChI=1S/C42H50N8O6/c1-6-26(22-32-24(2)44-38(46-32)35-13-9-19-50(35)40(52)36(27-10-7-11-27)48-42(54)56-5)28-14-15-30-21-31(17-16-29(30)20-28)33-23-43-37(47-33)34-12-8-18-49(34)39(51)25(3)45-41(53)55-4/h6,14-17,20-23,25,27,34-36H,1,7-13,18-19H2,2-5H3,(H,43,47)(H,44,46)(H,45,53)(H,48,54)/b26-22+. The Morgan fingerprint density at radius 2 is 1.52 bits per heavy atom. The molecule has 1 saturated carbocycles. The summed E-state index contributed by atoms with van der Waals surface area (Å²) in [6.07, 6.45) is 10.5. The van der Waals surface area contributed by atoms with Gasteiger partial charge in [0.2, 0.25) is 11.8 Å². The van der Waals surface area contributed by atoms with Crippen LogP contribution in [0.3, 0.4) is 0 Å². The Hall–Kier alpha value is -5.92. The molecule has 14 nitrogen and oxygen atoms in total. The van der Waals surface area contributed by atoms with Crippen molar-refractivity contribution in [1.82, 2.24) is 40.4 Å². The maximum absolute atomic E-state index is 13.8. The fourth-order valence-corrected chi connectivity index (χ4v) is 8.14. The van der Waals surface area contributed by atoms with E-state index in [2.05, 4.69) is 73.3 Å². The molecule has 294 valence electrons. The molecule has 0 bridgehead atoms. The number of methoxy groups -OCH3 is 2. The van der Waals surface area contributed by atoms with E-state index < -0.39 is 24.3 Å². The van der Waals surface area contributed by atoms with Gasteiger partial charge in [-0.05, 0) is 98.4 Å². The number of nitrogens with zero attached hydrogens (tertiary/aromatic N) is 4. The molecule has 4 amide bonds. The van der Waals surface area contributed by atoms with Crippen LogP contribution in [-0.4, -0.2) is 93.1 Å². The smallest absolute Gasteiger partial charge is 0.407 e. The maximum atomic E-state index is 13.8. The SMILES string of the molecule is C=C/C(=C\c1nc(C2CCCN2C(=O)C(NC(=O)OC)C2CCC2)[nH]c1C)c1ccc2cc(-c3cnc(C4CCCN4C(=O)C(C)NC(=O)OC)[nH]3)ccc2c1. The number of allylic oxidation sites excluding steroid dienone is 2. The van der Waals surface area contributed by atoms with E-state index in [0.29, 0.717) is 18.9 Å². The van der Waals surface area contributed by atoms with Gasteiger partial charge in [0.1, 0.15) is 23.7 Å². The molecular weight excluding hydrogens is 713 g/mol. The molecule has 3 aliphatic rings. The fraction of sp³-hybridized carbons (Fsp3) is 0.429. The lowest BCUT2D eigenvalue weighted by Crippen LogP contribution is -2.53. The molecule has 2 aliphatic heterocycles. The lowest BCUT2D eigenvalue weighted by molar-refractivity contribution is -0.136. The van der Waals surface area contributed by atoms with Crippen LogP contribution in [-0.2, 0) is 19.1 Å². The van der Waals surface area contributed by atoms with Crippen LogP contribution in [0.15, 0.2) is 55.3 Å². The first-order valence-corrected chi connectivity index (χ1v) is 19.4. The van der Waals surface area contributed by atoms with Crippen molar-refractivity contribution in [3.05, 3.63) is 83.9 Å². The Morgan fingerprint density at radius 3 is 2.20 bits per heavy atom. The minimum Gasteiger partial charge on any atom is -0.453 e. The summed E-state index contributed by atoms with van der Waals surface area (Å²) in [4.78, 5) is 71.0. The van der Waals surface area contributed by atoms with Crippen molar-refractivity contribution in [3.63, 3.8) is 0 Å². The Bertz CT molecular complexity index is 2170. The van der Waals surface area contributed by atoms with Gasteiger partial charge in [-0.3, -0.25) is 9.59 Å². The number of likely N-dealkylation sites (tertiary alicyclic amines) is 2. The molecule has 4 unspecified atom stereocenters. The van der Waals surface area contributed by atoms with Crippen molar-refractivity contribution in [2.45, 2.75) is 83.0 Å². The van der Waals surface area contributed by atoms with Gasteiger partial charge in [0.25, 0.3) is 0 Å². The van der Waals surface area contributed by atoms with E-state index in [0.717, 1.165) is 95.3 Å². The average Bonchev–Trinajstić information content (AvgIpc) is 4.02. The highest BCUT2D eigenvalue weighted by molar-refractivity contribution is 5.94. The second-order valence-corrected chi connectivity index (χ2v) is 14.9. The number of benzene rings is 2. The van der Waals surface area contributed by atoms with Crippen LogP contribution in [0.25, 0.3) is 33.7 Å². The number of carbonyl (C=O) groups is 4. The molecule has 56 heavy (non-hydrogen) atoms. The summed E-state index contributed by atoms with van der Waals surface area (Å²) in [7, 11) is 2.59. The number of aromatic amines is 2. The number of amides is 4. The van der Waals surface area contributed by atoms with Gasteiger partial charge in [-0.15, -0.1) is 0 Å². The predicted molar refractivity (Wildman–Crippen MR) is 212 cm³/mol. The number of aromatic nitrogens is 4. The molecule has 4 aromatic rings. The van der Waals surface area contributed by atoms with Crippen LogP contribution < -0.4 is 10.6 Å². The largest absolute Gasteiger partial charge is 0.453 e. The van der Waals surface area contributed by atoms with Crippen molar-refractivity contribution in [2.75, 3.05) is 27.3 Å². The summed E-state index contributed by atoms with van der Waals surface area (Å²) < 4.78 is 9.50. The number of imidazole rings is 2. The van der Waals surface area contributed by atoms with Crippen LogP contribution in [0.4, 0.5) is 9.59 Å². The molecule has 3 fully saturated rings. The molecule has 7 rings (SSSR count). The number of fused-ring (bicyclic) bond motifs is 1. The van der Waals surface area contributed by atoms with Gasteiger partial charge in [0.15, 0.2) is 0 Å². The van der Waals surface area contributed by atoms with E-state index in [4.69, 9.17) is 9.72 Å². The van der Waals surface area contributed by atoms with Crippen LogP contribution >= 0.6 is 0 Å². The third-order valence-corrected chi connectivity index (χ3v) is 11.5. The van der Waals surface area contributed by atoms with Crippen LogP contribution in [0.5, 0.6) is 0 Å². The minimum absolute atomic E-state index is 0.0822. The lowest BCUT2D eigenvalue weighted by Gasteiger charge is -2.36. The average molecular weight is 763 g/mol. The molecule has 4 N–H and O–H groups in total. The van der Waals surface area contributed by atoms with Gasteiger partial charge in [-0.2, -0.15) is 0 Å². The molecule has 2 aromatic heterocycles. The summed E-state index contributed by atoms with van der Waals surface area (Å²) in [5.74, 6) is 1.30. The molecule has 0 spiro atoms. The van der Waals surface area contributed by atoms with Crippen LogP contribution in [0.2, 0.25) is 0 Å². The van der Waals surface area contributed by atoms with Gasteiger partial charge < -0.3 is 39.9 Å².